The van der Waals surface area contributed by atoms with E-state index < -0.39 is 0 Å². The van der Waals surface area contributed by atoms with Gasteiger partial charge >= 0.3 is 0 Å². The first-order chi connectivity index (χ1) is 12.2. The predicted octanol–water partition coefficient (Wildman–Crippen LogP) is 4.83. The highest BCUT2D eigenvalue weighted by Crippen LogP contribution is 2.30. The van der Waals surface area contributed by atoms with Gasteiger partial charge in [0.2, 0.25) is 0 Å². The molecule has 1 N–H and O–H groups in total. The Morgan fingerprint density at radius 2 is 1.88 bits per heavy atom. The molecule has 0 atom stereocenters. The third-order valence-electron chi connectivity index (χ3n) is 5.02. The highest BCUT2D eigenvalue weighted by Gasteiger charge is 2.21. The minimum absolute atomic E-state index is 0.892. The standard InChI is InChI=1S/C22H25N3/c1-16-11-12-17(2)21(14-16)25-22-19(10-6-7-13-23-22)20(24-25)15-18-8-4-3-5-9-18/h3-5,8-9,11-12,14,23H,6-7,10,13,15H2,1-2H3. The highest BCUT2D eigenvalue weighted by molar-refractivity contribution is 5.57. The summed E-state index contributed by atoms with van der Waals surface area (Å²) in [6.07, 6.45) is 4.44. The number of benzene rings is 2. The van der Waals surface area contributed by atoms with E-state index in [1.807, 2.05) is 0 Å². The maximum Gasteiger partial charge on any atom is 0.133 e. The zero-order valence-electron chi connectivity index (χ0n) is 15.0. The van der Waals surface area contributed by atoms with Gasteiger partial charge in [0.05, 0.1) is 11.4 Å². The Bertz CT molecular complexity index is 878. The van der Waals surface area contributed by atoms with E-state index in [9.17, 15) is 0 Å². The van der Waals surface area contributed by atoms with E-state index in [1.54, 1.807) is 0 Å². The number of nitrogens with zero attached hydrogens (tertiary/aromatic N) is 2. The zero-order chi connectivity index (χ0) is 17.2. The van der Waals surface area contributed by atoms with Gasteiger partial charge in [0.25, 0.3) is 0 Å². The number of rotatable bonds is 3. The van der Waals surface area contributed by atoms with Gasteiger partial charge < -0.3 is 5.32 Å². The van der Waals surface area contributed by atoms with Crippen molar-refractivity contribution in [2.75, 3.05) is 11.9 Å². The number of aryl methyl sites for hydroxylation is 2. The van der Waals surface area contributed by atoms with Crippen molar-refractivity contribution in [2.24, 2.45) is 0 Å². The van der Waals surface area contributed by atoms with Gasteiger partial charge in [0.1, 0.15) is 5.82 Å². The van der Waals surface area contributed by atoms with Crippen LogP contribution in [0.2, 0.25) is 0 Å². The summed E-state index contributed by atoms with van der Waals surface area (Å²) in [5, 5.41) is 8.70. The molecule has 0 unspecified atom stereocenters. The quantitative estimate of drug-likeness (QED) is 0.745. The Morgan fingerprint density at radius 1 is 1.04 bits per heavy atom. The van der Waals surface area contributed by atoms with Crippen LogP contribution in [0.4, 0.5) is 5.82 Å². The van der Waals surface area contributed by atoms with Gasteiger partial charge in [-0.15, -0.1) is 0 Å². The number of aromatic nitrogens is 2. The minimum atomic E-state index is 0.892. The summed E-state index contributed by atoms with van der Waals surface area (Å²) < 4.78 is 2.14. The lowest BCUT2D eigenvalue weighted by molar-refractivity contribution is 0.766. The van der Waals surface area contributed by atoms with Crippen LogP contribution in [0.5, 0.6) is 0 Å². The molecule has 1 aromatic heterocycles. The van der Waals surface area contributed by atoms with Crippen LogP contribution in [0.25, 0.3) is 5.69 Å². The number of nitrogens with one attached hydrogen (secondary N) is 1. The first kappa shape index (κ1) is 15.9. The SMILES string of the molecule is Cc1ccc(C)c(-n2nc(Cc3ccccc3)c3c2NCCCC3)c1. The predicted molar refractivity (Wildman–Crippen MR) is 104 cm³/mol. The Labute approximate surface area is 149 Å². The molecule has 128 valence electrons. The third-order valence-corrected chi connectivity index (χ3v) is 5.02. The molecule has 1 aliphatic heterocycles. The van der Waals surface area contributed by atoms with Gasteiger partial charge in [0, 0.05) is 18.5 Å². The van der Waals surface area contributed by atoms with Gasteiger partial charge in [-0.25, -0.2) is 4.68 Å². The molecule has 2 aromatic carbocycles. The molecule has 0 bridgehead atoms. The minimum Gasteiger partial charge on any atom is -0.370 e. The molecule has 0 aliphatic carbocycles. The zero-order valence-corrected chi connectivity index (χ0v) is 15.0. The number of anilines is 1. The van der Waals surface area contributed by atoms with Gasteiger partial charge in [0.15, 0.2) is 0 Å². The maximum atomic E-state index is 5.06. The Balaban J connectivity index is 1.83. The molecule has 0 saturated carbocycles. The molecule has 1 aliphatic rings. The average molecular weight is 331 g/mol. The molecule has 0 fully saturated rings. The van der Waals surface area contributed by atoms with Crippen LogP contribution in [0.3, 0.4) is 0 Å². The largest absolute Gasteiger partial charge is 0.370 e. The molecule has 0 amide bonds. The number of hydrogen-bond acceptors (Lipinski definition) is 2. The smallest absolute Gasteiger partial charge is 0.133 e. The first-order valence-corrected chi connectivity index (χ1v) is 9.18. The van der Waals surface area contributed by atoms with Crippen LogP contribution >= 0.6 is 0 Å². The molecular formula is C22H25N3. The van der Waals surface area contributed by atoms with Crippen LogP contribution in [-0.4, -0.2) is 16.3 Å². The molecule has 3 heteroatoms. The van der Waals surface area contributed by atoms with Gasteiger partial charge in [-0.1, -0.05) is 42.5 Å². The summed E-state index contributed by atoms with van der Waals surface area (Å²) >= 11 is 0. The van der Waals surface area contributed by atoms with Crippen LogP contribution in [-0.2, 0) is 12.8 Å². The second-order valence-corrected chi connectivity index (χ2v) is 7.02. The normalized spacial score (nSPS) is 13.8. The molecule has 2 heterocycles. The van der Waals surface area contributed by atoms with Crippen LogP contribution in [0.1, 0.15) is 40.8 Å². The van der Waals surface area contributed by atoms with E-state index in [2.05, 4.69) is 72.4 Å². The topological polar surface area (TPSA) is 29.9 Å². The molecule has 25 heavy (non-hydrogen) atoms. The number of hydrogen-bond donors (Lipinski definition) is 1. The molecule has 0 radical (unpaired) electrons. The Morgan fingerprint density at radius 3 is 2.72 bits per heavy atom. The van der Waals surface area contributed by atoms with Crippen molar-refractivity contribution in [3.63, 3.8) is 0 Å². The van der Waals surface area contributed by atoms with Crippen molar-refractivity contribution in [3.8, 4) is 5.69 Å². The molecule has 4 rings (SSSR count). The van der Waals surface area contributed by atoms with Gasteiger partial charge in [-0.2, -0.15) is 5.10 Å². The summed E-state index contributed by atoms with van der Waals surface area (Å²) in [5.41, 5.74) is 7.63. The van der Waals surface area contributed by atoms with Crippen molar-refractivity contribution in [1.29, 1.82) is 0 Å². The third kappa shape index (κ3) is 3.19. The lowest BCUT2D eigenvalue weighted by Crippen LogP contribution is -2.08. The van der Waals surface area contributed by atoms with Gasteiger partial charge in [-0.05, 0) is 55.9 Å². The van der Waals surface area contributed by atoms with Gasteiger partial charge in [-0.3, -0.25) is 0 Å². The van der Waals surface area contributed by atoms with E-state index >= 15 is 0 Å². The maximum absolute atomic E-state index is 5.06. The fourth-order valence-electron chi connectivity index (χ4n) is 3.63. The number of fused-ring (bicyclic) bond motifs is 1. The van der Waals surface area contributed by atoms with E-state index in [0.717, 1.165) is 19.4 Å². The van der Waals surface area contributed by atoms with E-state index in [0.29, 0.717) is 0 Å². The lowest BCUT2D eigenvalue weighted by Gasteiger charge is -2.12. The molecule has 0 spiro atoms. The molecule has 3 nitrogen and oxygen atoms in total. The Hall–Kier alpha value is -2.55. The van der Waals surface area contributed by atoms with Crippen LogP contribution in [0, 0.1) is 13.8 Å². The first-order valence-electron chi connectivity index (χ1n) is 9.18. The van der Waals surface area contributed by atoms with Crippen molar-refractivity contribution in [1.82, 2.24) is 9.78 Å². The second kappa shape index (κ2) is 6.75. The molecule has 0 saturated heterocycles. The van der Waals surface area contributed by atoms with Crippen LogP contribution < -0.4 is 5.32 Å². The van der Waals surface area contributed by atoms with Crippen LogP contribution in [0.15, 0.2) is 48.5 Å². The van der Waals surface area contributed by atoms with Crippen molar-refractivity contribution in [2.45, 2.75) is 39.5 Å². The Kier molecular flexibility index (Phi) is 4.31. The second-order valence-electron chi connectivity index (χ2n) is 7.02. The van der Waals surface area contributed by atoms with E-state index in [-0.39, 0.29) is 0 Å². The lowest BCUT2D eigenvalue weighted by atomic mass is 10.0. The summed E-state index contributed by atoms with van der Waals surface area (Å²) in [4.78, 5) is 0. The van der Waals surface area contributed by atoms with E-state index in [1.165, 1.54) is 52.3 Å². The van der Waals surface area contributed by atoms with E-state index in [4.69, 9.17) is 5.10 Å². The fraction of sp³-hybridized carbons (Fsp3) is 0.318. The monoisotopic (exact) mass is 331 g/mol. The van der Waals surface area contributed by atoms with Crippen molar-refractivity contribution >= 4 is 5.82 Å². The summed E-state index contributed by atoms with van der Waals surface area (Å²) in [6.45, 7) is 5.33. The summed E-state index contributed by atoms with van der Waals surface area (Å²) in [5.74, 6) is 1.19. The molecule has 3 aromatic rings. The fourth-order valence-corrected chi connectivity index (χ4v) is 3.63. The molecular weight excluding hydrogens is 306 g/mol. The van der Waals surface area contributed by atoms with Crippen molar-refractivity contribution in [3.05, 3.63) is 76.5 Å². The highest BCUT2D eigenvalue weighted by atomic mass is 15.3. The average Bonchev–Trinajstić information content (AvgIpc) is 2.80. The van der Waals surface area contributed by atoms with Crippen molar-refractivity contribution < 1.29 is 0 Å². The summed E-state index contributed by atoms with van der Waals surface area (Å²) in [7, 11) is 0. The summed E-state index contributed by atoms with van der Waals surface area (Å²) in [6, 6.07) is 17.2.